The van der Waals surface area contributed by atoms with Gasteiger partial charge in [-0.3, -0.25) is 4.79 Å². The third kappa shape index (κ3) is 5.10. The Kier molecular flexibility index (Phi) is 6.31. The van der Waals surface area contributed by atoms with Crippen molar-refractivity contribution in [2.45, 2.75) is 20.8 Å². The highest BCUT2D eigenvalue weighted by molar-refractivity contribution is 9.10. The molecular formula is C22H22BrN3O2. The third-order valence-electron chi connectivity index (χ3n) is 4.36. The molecule has 0 atom stereocenters. The minimum Gasteiger partial charge on any atom is -0.455 e. The van der Waals surface area contributed by atoms with Crippen LogP contribution in [0.4, 0.5) is 5.69 Å². The predicted molar refractivity (Wildman–Crippen MR) is 117 cm³/mol. The molecule has 1 amide bonds. The summed E-state index contributed by atoms with van der Waals surface area (Å²) in [6.45, 7) is 6.27. The SMILES string of the molecule is Cc1ccc(-c2ccc(/C=N\NC(=O)CNc3ccc(C)c(C)c3)o2)c(Br)c1. The molecule has 0 radical (unpaired) electrons. The number of anilines is 1. The molecule has 0 spiro atoms. The van der Waals surface area contributed by atoms with Crippen molar-refractivity contribution in [3.63, 3.8) is 0 Å². The Morgan fingerprint density at radius 3 is 2.64 bits per heavy atom. The van der Waals surface area contributed by atoms with E-state index >= 15 is 0 Å². The van der Waals surface area contributed by atoms with Gasteiger partial charge in [0, 0.05) is 15.7 Å². The quantitative estimate of drug-likeness (QED) is 0.409. The smallest absolute Gasteiger partial charge is 0.259 e. The first-order valence-electron chi connectivity index (χ1n) is 8.92. The van der Waals surface area contributed by atoms with E-state index in [1.54, 1.807) is 0 Å². The molecule has 0 fully saturated rings. The predicted octanol–water partition coefficient (Wildman–Crippen LogP) is 5.20. The van der Waals surface area contributed by atoms with Crippen molar-refractivity contribution in [2.24, 2.45) is 5.10 Å². The molecule has 1 heterocycles. The van der Waals surface area contributed by atoms with Crippen LogP contribution < -0.4 is 10.7 Å². The molecule has 144 valence electrons. The summed E-state index contributed by atoms with van der Waals surface area (Å²) in [6, 6.07) is 15.7. The molecule has 3 rings (SSSR count). The summed E-state index contributed by atoms with van der Waals surface area (Å²) in [7, 11) is 0. The Morgan fingerprint density at radius 2 is 1.89 bits per heavy atom. The number of carbonyl (C=O) groups is 1. The molecule has 0 saturated carbocycles. The van der Waals surface area contributed by atoms with Gasteiger partial charge >= 0.3 is 0 Å². The zero-order chi connectivity index (χ0) is 20.1. The average molecular weight is 440 g/mol. The van der Waals surface area contributed by atoms with Crippen molar-refractivity contribution in [1.82, 2.24) is 5.43 Å². The third-order valence-corrected chi connectivity index (χ3v) is 5.01. The van der Waals surface area contributed by atoms with Crippen LogP contribution in [-0.2, 0) is 4.79 Å². The summed E-state index contributed by atoms with van der Waals surface area (Å²) in [6.07, 6.45) is 1.49. The molecule has 2 N–H and O–H groups in total. The van der Waals surface area contributed by atoms with E-state index in [4.69, 9.17) is 4.42 Å². The number of benzene rings is 2. The fraction of sp³-hybridized carbons (Fsp3) is 0.182. The number of hydrogen-bond donors (Lipinski definition) is 2. The highest BCUT2D eigenvalue weighted by Gasteiger charge is 2.08. The maximum atomic E-state index is 11.9. The maximum Gasteiger partial charge on any atom is 0.259 e. The lowest BCUT2D eigenvalue weighted by Gasteiger charge is -2.07. The Bertz CT molecular complexity index is 1020. The number of hydrazone groups is 1. The summed E-state index contributed by atoms with van der Waals surface area (Å²) >= 11 is 3.55. The fourth-order valence-corrected chi connectivity index (χ4v) is 3.32. The second-order valence-corrected chi connectivity index (χ2v) is 7.49. The fourth-order valence-electron chi connectivity index (χ4n) is 2.63. The largest absolute Gasteiger partial charge is 0.455 e. The van der Waals surface area contributed by atoms with Gasteiger partial charge in [-0.15, -0.1) is 0 Å². The zero-order valence-electron chi connectivity index (χ0n) is 16.0. The van der Waals surface area contributed by atoms with Crippen LogP contribution >= 0.6 is 15.9 Å². The number of amides is 1. The highest BCUT2D eigenvalue weighted by atomic mass is 79.9. The van der Waals surface area contributed by atoms with Crippen LogP contribution in [0.1, 0.15) is 22.5 Å². The van der Waals surface area contributed by atoms with Crippen LogP contribution in [0.5, 0.6) is 0 Å². The van der Waals surface area contributed by atoms with Crippen LogP contribution in [0.3, 0.4) is 0 Å². The number of halogens is 1. The molecule has 28 heavy (non-hydrogen) atoms. The zero-order valence-corrected chi connectivity index (χ0v) is 17.6. The van der Waals surface area contributed by atoms with E-state index in [1.165, 1.54) is 22.9 Å². The molecule has 0 saturated heterocycles. The first-order valence-corrected chi connectivity index (χ1v) is 9.71. The molecule has 0 unspecified atom stereocenters. The van der Waals surface area contributed by atoms with Crippen LogP contribution in [0.15, 0.2) is 62.5 Å². The van der Waals surface area contributed by atoms with Gasteiger partial charge in [0.15, 0.2) is 0 Å². The Balaban J connectivity index is 1.53. The Labute approximate surface area is 173 Å². The van der Waals surface area contributed by atoms with Gasteiger partial charge in [-0.1, -0.05) is 28.1 Å². The minimum absolute atomic E-state index is 0.138. The first-order chi connectivity index (χ1) is 13.4. The van der Waals surface area contributed by atoms with Crippen molar-refractivity contribution >= 4 is 33.7 Å². The van der Waals surface area contributed by atoms with Gasteiger partial charge in [-0.05, 0) is 73.9 Å². The van der Waals surface area contributed by atoms with Gasteiger partial charge < -0.3 is 9.73 Å². The molecule has 5 nitrogen and oxygen atoms in total. The van der Waals surface area contributed by atoms with Crippen LogP contribution in [0.2, 0.25) is 0 Å². The number of nitrogens with one attached hydrogen (secondary N) is 2. The molecular weight excluding hydrogens is 418 g/mol. The number of carbonyl (C=O) groups excluding carboxylic acids is 1. The van der Waals surface area contributed by atoms with E-state index in [-0.39, 0.29) is 12.5 Å². The minimum atomic E-state index is -0.234. The molecule has 0 aliphatic rings. The van der Waals surface area contributed by atoms with Crippen molar-refractivity contribution in [1.29, 1.82) is 0 Å². The highest BCUT2D eigenvalue weighted by Crippen LogP contribution is 2.30. The summed E-state index contributed by atoms with van der Waals surface area (Å²) in [5.41, 5.74) is 7.93. The van der Waals surface area contributed by atoms with E-state index in [2.05, 4.69) is 38.7 Å². The van der Waals surface area contributed by atoms with Gasteiger partial charge in [0.25, 0.3) is 5.91 Å². The van der Waals surface area contributed by atoms with Crippen LogP contribution in [-0.4, -0.2) is 18.7 Å². The topological polar surface area (TPSA) is 66.6 Å². The molecule has 2 aromatic carbocycles. The van der Waals surface area contributed by atoms with Crippen molar-refractivity contribution < 1.29 is 9.21 Å². The summed E-state index contributed by atoms with van der Waals surface area (Å²) in [4.78, 5) is 11.9. The van der Waals surface area contributed by atoms with E-state index in [0.717, 1.165) is 21.5 Å². The summed E-state index contributed by atoms with van der Waals surface area (Å²) < 4.78 is 6.75. The molecule has 1 aromatic heterocycles. The Hall–Kier alpha value is -2.86. The van der Waals surface area contributed by atoms with Gasteiger partial charge in [0.1, 0.15) is 11.5 Å². The number of nitrogens with zero attached hydrogens (tertiary/aromatic N) is 1. The molecule has 0 aliphatic carbocycles. The Morgan fingerprint density at radius 1 is 1.07 bits per heavy atom. The van der Waals surface area contributed by atoms with E-state index < -0.39 is 0 Å². The van der Waals surface area contributed by atoms with Crippen molar-refractivity contribution in [2.75, 3.05) is 11.9 Å². The first kappa shape index (κ1) is 19.9. The van der Waals surface area contributed by atoms with Crippen LogP contribution in [0.25, 0.3) is 11.3 Å². The molecule has 6 heteroatoms. The lowest BCUT2D eigenvalue weighted by molar-refractivity contribution is -0.119. The number of rotatable bonds is 6. The summed E-state index contributed by atoms with van der Waals surface area (Å²) in [5.74, 6) is 1.06. The van der Waals surface area contributed by atoms with Gasteiger partial charge in [0.2, 0.25) is 0 Å². The number of hydrogen-bond acceptors (Lipinski definition) is 4. The lowest BCUT2D eigenvalue weighted by Crippen LogP contribution is -2.25. The van der Waals surface area contributed by atoms with Gasteiger partial charge in [-0.2, -0.15) is 5.10 Å². The lowest BCUT2D eigenvalue weighted by atomic mass is 10.1. The van der Waals surface area contributed by atoms with E-state index in [1.807, 2.05) is 62.4 Å². The van der Waals surface area contributed by atoms with Gasteiger partial charge in [-0.25, -0.2) is 5.43 Å². The molecule has 3 aromatic rings. The maximum absolute atomic E-state index is 11.9. The monoisotopic (exact) mass is 439 g/mol. The summed E-state index contributed by atoms with van der Waals surface area (Å²) in [5, 5.41) is 7.04. The van der Waals surface area contributed by atoms with Crippen molar-refractivity contribution in [3.8, 4) is 11.3 Å². The second-order valence-electron chi connectivity index (χ2n) is 6.63. The van der Waals surface area contributed by atoms with E-state index in [0.29, 0.717) is 5.76 Å². The normalized spacial score (nSPS) is 11.0. The molecule has 0 bridgehead atoms. The average Bonchev–Trinajstić information content (AvgIpc) is 3.11. The van der Waals surface area contributed by atoms with Crippen LogP contribution in [0, 0.1) is 20.8 Å². The standard InChI is InChI=1S/C22H22BrN3O2/c1-14-4-8-19(20(23)10-14)21-9-7-18(28-21)12-25-26-22(27)13-24-17-6-5-15(2)16(3)11-17/h4-12,24H,13H2,1-3H3,(H,26,27)/b25-12-. The van der Waals surface area contributed by atoms with E-state index in [9.17, 15) is 4.79 Å². The molecule has 0 aliphatic heterocycles. The van der Waals surface area contributed by atoms with Gasteiger partial charge in [0.05, 0.1) is 12.8 Å². The van der Waals surface area contributed by atoms with Crippen molar-refractivity contribution in [3.05, 3.63) is 75.5 Å². The second kappa shape index (κ2) is 8.89. The number of aryl methyl sites for hydroxylation is 3. The number of furan rings is 1.